The summed E-state index contributed by atoms with van der Waals surface area (Å²) in [6, 6.07) is 9.68. The molecule has 0 spiro atoms. The third-order valence-electron chi connectivity index (χ3n) is 3.55. The normalized spacial score (nSPS) is 19.2. The van der Waals surface area contributed by atoms with E-state index < -0.39 is 10.0 Å². The van der Waals surface area contributed by atoms with Crippen LogP contribution in [0.15, 0.2) is 30.3 Å². The van der Waals surface area contributed by atoms with Crippen LogP contribution in [0.5, 0.6) is 0 Å². The molecule has 1 aliphatic rings. The highest BCUT2D eigenvalue weighted by molar-refractivity contribution is 7.89. The van der Waals surface area contributed by atoms with Gasteiger partial charge in [0, 0.05) is 25.6 Å². The van der Waals surface area contributed by atoms with Gasteiger partial charge in [-0.15, -0.1) is 0 Å². The van der Waals surface area contributed by atoms with Crippen LogP contribution in [0.4, 0.5) is 0 Å². The monoisotopic (exact) mass is 310 g/mol. The Labute approximate surface area is 126 Å². The smallest absolute Gasteiger partial charge is 0.224 e. The molecule has 0 unspecified atom stereocenters. The summed E-state index contributed by atoms with van der Waals surface area (Å²) in [6.07, 6.45) is 1.63. The first-order valence-corrected chi connectivity index (χ1v) is 8.97. The van der Waals surface area contributed by atoms with Crippen LogP contribution in [-0.2, 0) is 21.2 Å². The van der Waals surface area contributed by atoms with Crippen molar-refractivity contribution in [2.45, 2.75) is 32.2 Å². The summed E-state index contributed by atoms with van der Waals surface area (Å²) >= 11 is 0. The van der Waals surface area contributed by atoms with Gasteiger partial charge in [-0.25, -0.2) is 13.1 Å². The van der Waals surface area contributed by atoms with E-state index in [2.05, 4.69) is 4.72 Å². The number of sulfonamides is 1. The second-order valence-electron chi connectivity index (χ2n) is 5.41. The molecule has 2 rings (SSSR count). The molecule has 1 atom stereocenters. The Bertz CT molecular complexity index is 572. The summed E-state index contributed by atoms with van der Waals surface area (Å²) in [7, 11) is -3.26. The van der Waals surface area contributed by atoms with Gasteiger partial charge >= 0.3 is 0 Å². The van der Waals surface area contributed by atoms with Gasteiger partial charge in [0.2, 0.25) is 15.9 Å². The van der Waals surface area contributed by atoms with Crippen LogP contribution >= 0.6 is 0 Å². The van der Waals surface area contributed by atoms with Gasteiger partial charge in [-0.05, 0) is 18.4 Å². The number of benzene rings is 1. The zero-order valence-corrected chi connectivity index (χ0v) is 13.1. The summed E-state index contributed by atoms with van der Waals surface area (Å²) in [5.74, 6) is 0.136. The largest absolute Gasteiger partial charge is 0.341 e. The maximum absolute atomic E-state index is 11.9. The van der Waals surface area contributed by atoms with E-state index in [-0.39, 0.29) is 24.1 Å². The SMILES string of the molecule is CCCS(=O)(=O)N[C@@H]1CC(=O)N(CCc2ccccc2)C1. The average molecular weight is 310 g/mol. The van der Waals surface area contributed by atoms with Crippen molar-refractivity contribution in [2.75, 3.05) is 18.8 Å². The van der Waals surface area contributed by atoms with E-state index in [4.69, 9.17) is 0 Å². The van der Waals surface area contributed by atoms with Crippen molar-refractivity contribution in [2.24, 2.45) is 0 Å². The molecule has 1 amide bonds. The molecule has 1 aromatic rings. The van der Waals surface area contributed by atoms with Crippen LogP contribution in [0, 0.1) is 0 Å². The van der Waals surface area contributed by atoms with E-state index in [1.807, 2.05) is 37.3 Å². The van der Waals surface area contributed by atoms with Crippen molar-refractivity contribution in [3.8, 4) is 0 Å². The highest BCUT2D eigenvalue weighted by Crippen LogP contribution is 2.13. The number of likely N-dealkylation sites (tertiary alicyclic amines) is 1. The van der Waals surface area contributed by atoms with Crippen LogP contribution in [0.2, 0.25) is 0 Å². The minimum atomic E-state index is -3.26. The lowest BCUT2D eigenvalue weighted by Gasteiger charge is -2.17. The van der Waals surface area contributed by atoms with Crippen molar-refractivity contribution in [1.82, 2.24) is 9.62 Å². The molecule has 1 N–H and O–H groups in total. The molecular weight excluding hydrogens is 288 g/mol. The molecule has 1 saturated heterocycles. The number of carbonyl (C=O) groups is 1. The van der Waals surface area contributed by atoms with Crippen LogP contribution in [0.3, 0.4) is 0 Å². The van der Waals surface area contributed by atoms with Crippen LogP contribution in [0.1, 0.15) is 25.3 Å². The van der Waals surface area contributed by atoms with Crippen molar-refractivity contribution in [3.63, 3.8) is 0 Å². The number of nitrogens with one attached hydrogen (secondary N) is 1. The van der Waals surface area contributed by atoms with E-state index in [1.165, 1.54) is 5.56 Å². The fourth-order valence-electron chi connectivity index (χ4n) is 2.56. The predicted octanol–water partition coefficient (Wildman–Crippen LogP) is 1.16. The number of carbonyl (C=O) groups excluding carboxylic acids is 1. The molecule has 0 aromatic heterocycles. The molecule has 0 aliphatic carbocycles. The number of hydrogen-bond donors (Lipinski definition) is 1. The Hall–Kier alpha value is -1.40. The maximum atomic E-state index is 11.9. The van der Waals surface area contributed by atoms with Crippen LogP contribution in [0.25, 0.3) is 0 Å². The number of rotatable bonds is 7. The highest BCUT2D eigenvalue weighted by Gasteiger charge is 2.31. The topological polar surface area (TPSA) is 66.5 Å². The second kappa shape index (κ2) is 7.04. The first kappa shape index (κ1) is 16.0. The van der Waals surface area contributed by atoms with Gasteiger partial charge in [0.05, 0.1) is 5.75 Å². The lowest BCUT2D eigenvalue weighted by atomic mass is 10.1. The molecule has 5 nitrogen and oxygen atoms in total. The first-order valence-electron chi connectivity index (χ1n) is 7.32. The van der Waals surface area contributed by atoms with Gasteiger partial charge in [0.25, 0.3) is 0 Å². The molecular formula is C15H22N2O3S. The minimum Gasteiger partial charge on any atom is -0.341 e. The van der Waals surface area contributed by atoms with Gasteiger partial charge in [-0.3, -0.25) is 4.79 Å². The number of amides is 1. The average Bonchev–Trinajstić information content (AvgIpc) is 2.76. The van der Waals surface area contributed by atoms with Gasteiger partial charge in [-0.1, -0.05) is 37.3 Å². The lowest BCUT2D eigenvalue weighted by molar-refractivity contribution is -0.127. The summed E-state index contributed by atoms with van der Waals surface area (Å²) in [6.45, 7) is 2.93. The Morgan fingerprint density at radius 1 is 1.29 bits per heavy atom. The zero-order valence-electron chi connectivity index (χ0n) is 12.3. The molecule has 6 heteroatoms. The van der Waals surface area contributed by atoms with Gasteiger partial charge in [0.15, 0.2) is 0 Å². The summed E-state index contributed by atoms with van der Waals surface area (Å²) in [4.78, 5) is 13.7. The molecule has 1 fully saturated rings. The molecule has 1 heterocycles. The van der Waals surface area contributed by atoms with Crippen molar-refractivity contribution in [1.29, 1.82) is 0 Å². The predicted molar refractivity (Wildman–Crippen MR) is 82.3 cm³/mol. The third-order valence-corrected chi connectivity index (χ3v) is 5.18. The third kappa shape index (κ3) is 4.82. The fraction of sp³-hybridized carbons (Fsp3) is 0.533. The van der Waals surface area contributed by atoms with Gasteiger partial charge in [0.1, 0.15) is 0 Å². The van der Waals surface area contributed by atoms with Crippen molar-refractivity contribution in [3.05, 3.63) is 35.9 Å². The summed E-state index contributed by atoms with van der Waals surface area (Å²) < 4.78 is 26.1. The molecule has 1 aromatic carbocycles. The standard InChI is InChI=1S/C15H22N2O3S/c1-2-10-21(19,20)16-14-11-15(18)17(12-14)9-8-13-6-4-3-5-7-13/h3-7,14,16H,2,8-12H2,1H3/t14-/m1/s1. The van der Waals surface area contributed by atoms with Gasteiger partial charge < -0.3 is 4.90 Å². The zero-order chi connectivity index (χ0) is 15.3. The summed E-state index contributed by atoms with van der Waals surface area (Å²) in [5, 5.41) is 0. The van der Waals surface area contributed by atoms with Crippen LogP contribution < -0.4 is 4.72 Å². The fourth-order valence-corrected chi connectivity index (χ4v) is 3.88. The highest BCUT2D eigenvalue weighted by atomic mass is 32.2. The van der Waals surface area contributed by atoms with Gasteiger partial charge in [-0.2, -0.15) is 0 Å². The van der Waals surface area contributed by atoms with Crippen LogP contribution in [-0.4, -0.2) is 44.1 Å². The first-order chi connectivity index (χ1) is 10.00. The van der Waals surface area contributed by atoms with E-state index in [0.717, 1.165) is 6.42 Å². The second-order valence-corrected chi connectivity index (χ2v) is 7.29. The van der Waals surface area contributed by atoms with E-state index in [0.29, 0.717) is 19.5 Å². The molecule has 0 saturated carbocycles. The molecule has 0 radical (unpaired) electrons. The van der Waals surface area contributed by atoms with E-state index >= 15 is 0 Å². The number of hydrogen-bond acceptors (Lipinski definition) is 3. The van der Waals surface area contributed by atoms with E-state index in [9.17, 15) is 13.2 Å². The maximum Gasteiger partial charge on any atom is 0.224 e. The van der Waals surface area contributed by atoms with Crippen molar-refractivity contribution < 1.29 is 13.2 Å². The Morgan fingerprint density at radius 3 is 2.67 bits per heavy atom. The van der Waals surface area contributed by atoms with Crippen molar-refractivity contribution >= 4 is 15.9 Å². The lowest BCUT2D eigenvalue weighted by Crippen LogP contribution is -2.38. The minimum absolute atomic E-state index is 0.0233. The molecule has 116 valence electrons. The Morgan fingerprint density at radius 2 is 2.00 bits per heavy atom. The van der Waals surface area contributed by atoms with E-state index in [1.54, 1.807) is 4.90 Å². The molecule has 1 aliphatic heterocycles. The molecule has 0 bridgehead atoms. The Balaban J connectivity index is 1.85. The molecule has 21 heavy (non-hydrogen) atoms. The Kier molecular flexibility index (Phi) is 5.36. The number of nitrogens with zero attached hydrogens (tertiary/aromatic N) is 1. The summed E-state index contributed by atoms with van der Waals surface area (Å²) in [5.41, 5.74) is 1.18. The quantitative estimate of drug-likeness (QED) is 0.822.